The molecule has 17 heavy (non-hydrogen) atoms. The summed E-state index contributed by atoms with van der Waals surface area (Å²) in [5.74, 6) is 1.09. The minimum Gasteiger partial charge on any atom is -0.438 e. The molecule has 0 spiro atoms. The fourth-order valence-corrected chi connectivity index (χ4v) is 1.81. The number of halogens is 2. The van der Waals surface area contributed by atoms with Crippen LogP contribution in [0.25, 0.3) is 0 Å². The van der Waals surface area contributed by atoms with Gasteiger partial charge in [-0.05, 0) is 41.4 Å². The third kappa shape index (κ3) is 3.00. The highest BCUT2D eigenvalue weighted by atomic mass is 79.9. The maximum Gasteiger partial charge on any atom is 0.223 e. The van der Waals surface area contributed by atoms with E-state index in [9.17, 15) is 4.39 Å². The van der Waals surface area contributed by atoms with Gasteiger partial charge in [0.15, 0.2) is 0 Å². The van der Waals surface area contributed by atoms with E-state index in [1.807, 2.05) is 6.92 Å². The number of hydrogen-bond donors (Lipinski definition) is 0. The highest BCUT2D eigenvalue weighted by Crippen LogP contribution is 2.25. The SMILES string of the molecule is Cc1nc(Br)cc(Oc2cc(F)ccc2C)n1. The first kappa shape index (κ1) is 12.0. The maximum absolute atomic E-state index is 13.1. The van der Waals surface area contributed by atoms with Gasteiger partial charge in [-0.25, -0.2) is 9.37 Å². The Morgan fingerprint density at radius 1 is 1.18 bits per heavy atom. The first-order valence-electron chi connectivity index (χ1n) is 5.00. The predicted octanol–water partition coefficient (Wildman–Crippen LogP) is 3.79. The van der Waals surface area contributed by atoms with Gasteiger partial charge in [0.2, 0.25) is 5.88 Å². The van der Waals surface area contributed by atoms with Gasteiger partial charge < -0.3 is 4.74 Å². The van der Waals surface area contributed by atoms with E-state index in [1.54, 1.807) is 19.1 Å². The van der Waals surface area contributed by atoms with Crippen LogP contribution in [0.3, 0.4) is 0 Å². The molecule has 0 radical (unpaired) electrons. The molecule has 88 valence electrons. The lowest BCUT2D eigenvalue weighted by atomic mass is 10.2. The second-order valence-electron chi connectivity index (χ2n) is 3.59. The van der Waals surface area contributed by atoms with Gasteiger partial charge in [0.25, 0.3) is 0 Å². The van der Waals surface area contributed by atoms with Crippen molar-refractivity contribution in [2.75, 3.05) is 0 Å². The number of aryl methyl sites for hydroxylation is 2. The maximum atomic E-state index is 13.1. The first-order chi connectivity index (χ1) is 8.04. The molecule has 0 saturated heterocycles. The van der Waals surface area contributed by atoms with Crippen molar-refractivity contribution in [2.24, 2.45) is 0 Å². The smallest absolute Gasteiger partial charge is 0.223 e. The van der Waals surface area contributed by atoms with Crippen molar-refractivity contribution in [3.63, 3.8) is 0 Å². The number of nitrogens with zero attached hydrogens (tertiary/aromatic N) is 2. The Balaban J connectivity index is 2.34. The molecule has 5 heteroatoms. The van der Waals surface area contributed by atoms with Crippen molar-refractivity contribution < 1.29 is 9.13 Å². The zero-order valence-corrected chi connectivity index (χ0v) is 11.0. The molecule has 0 fully saturated rings. The normalized spacial score (nSPS) is 10.4. The second-order valence-corrected chi connectivity index (χ2v) is 4.40. The van der Waals surface area contributed by atoms with E-state index >= 15 is 0 Å². The number of hydrogen-bond acceptors (Lipinski definition) is 3. The zero-order valence-electron chi connectivity index (χ0n) is 9.37. The lowest BCUT2D eigenvalue weighted by Crippen LogP contribution is -1.95. The summed E-state index contributed by atoms with van der Waals surface area (Å²) in [5, 5.41) is 0. The van der Waals surface area contributed by atoms with Gasteiger partial charge in [-0.1, -0.05) is 6.07 Å². The Kier molecular flexibility index (Phi) is 3.38. The molecular formula is C12H10BrFN2O. The molecule has 1 aromatic heterocycles. The summed E-state index contributed by atoms with van der Waals surface area (Å²) in [6, 6.07) is 6.02. The van der Waals surface area contributed by atoms with E-state index in [-0.39, 0.29) is 5.82 Å². The minimum absolute atomic E-state index is 0.338. The number of benzene rings is 1. The lowest BCUT2D eigenvalue weighted by molar-refractivity contribution is 0.451. The van der Waals surface area contributed by atoms with E-state index < -0.39 is 0 Å². The van der Waals surface area contributed by atoms with Crippen LogP contribution in [0.4, 0.5) is 4.39 Å². The van der Waals surface area contributed by atoms with Crippen molar-refractivity contribution in [2.45, 2.75) is 13.8 Å². The molecule has 0 aliphatic rings. The quantitative estimate of drug-likeness (QED) is 0.791. The summed E-state index contributed by atoms with van der Waals surface area (Å²) < 4.78 is 19.3. The van der Waals surface area contributed by atoms with Crippen LogP contribution < -0.4 is 4.74 Å². The van der Waals surface area contributed by atoms with Gasteiger partial charge >= 0.3 is 0 Å². The minimum atomic E-state index is -0.338. The van der Waals surface area contributed by atoms with Crippen LogP contribution in [0.2, 0.25) is 0 Å². The highest BCUT2D eigenvalue weighted by molar-refractivity contribution is 9.10. The van der Waals surface area contributed by atoms with Crippen molar-refractivity contribution in [1.29, 1.82) is 0 Å². The molecule has 1 heterocycles. The lowest BCUT2D eigenvalue weighted by Gasteiger charge is -2.08. The van der Waals surface area contributed by atoms with Crippen molar-refractivity contribution in [1.82, 2.24) is 9.97 Å². The molecule has 2 aromatic rings. The Morgan fingerprint density at radius 3 is 2.65 bits per heavy atom. The van der Waals surface area contributed by atoms with Gasteiger partial charge in [0, 0.05) is 12.1 Å². The summed E-state index contributed by atoms with van der Waals surface area (Å²) in [5.41, 5.74) is 0.846. The average Bonchev–Trinajstić information content (AvgIpc) is 2.22. The van der Waals surface area contributed by atoms with E-state index in [4.69, 9.17) is 4.74 Å². The Labute approximate surface area is 107 Å². The van der Waals surface area contributed by atoms with E-state index in [2.05, 4.69) is 25.9 Å². The molecule has 0 amide bonds. The summed E-state index contributed by atoms with van der Waals surface area (Å²) in [7, 11) is 0. The standard InChI is InChI=1S/C12H10BrFN2O/c1-7-3-4-9(14)5-10(7)17-12-6-11(13)15-8(2)16-12/h3-6H,1-2H3. The van der Waals surface area contributed by atoms with Crippen LogP contribution in [0.15, 0.2) is 28.9 Å². The monoisotopic (exact) mass is 296 g/mol. The summed E-state index contributed by atoms with van der Waals surface area (Å²) in [4.78, 5) is 8.18. The van der Waals surface area contributed by atoms with Crippen LogP contribution in [0.1, 0.15) is 11.4 Å². The Morgan fingerprint density at radius 2 is 1.94 bits per heavy atom. The van der Waals surface area contributed by atoms with Crippen LogP contribution in [-0.2, 0) is 0 Å². The molecule has 2 rings (SSSR count). The largest absolute Gasteiger partial charge is 0.438 e. The average molecular weight is 297 g/mol. The van der Waals surface area contributed by atoms with Crippen LogP contribution >= 0.6 is 15.9 Å². The van der Waals surface area contributed by atoms with Crippen molar-refractivity contribution in [3.05, 3.63) is 46.1 Å². The summed E-state index contributed by atoms with van der Waals surface area (Å²) in [6.07, 6.45) is 0. The Bertz CT molecular complexity index is 540. The predicted molar refractivity (Wildman–Crippen MR) is 65.7 cm³/mol. The van der Waals surface area contributed by atoms with Crippen molar-refractivity contribution in [3.8, 4) is 11.6 Å². The second kappa shape index (κ2) is 4.79. The third-order valence-corrected chi connectivity index (χ3v) is 2.55. The molecule has 0 aliphatic carbocycles. The molecule has 0 atom stereocenters. The van der Waals surface area contributed by atoms with E-state index in [1.165, 1.54) is 12.1 Å². The van der Waals surface area contributed by atoms with Crippen LogP contribution in [0, 0.1) is 19.7 Å². The fraction of sp³-hybridized carbons (Fsp3) is 0.167. The molecule has 1 aromatic carbocycles. The van der Waals surface area contributed by atoms with Gasteiger partial charge in [-0.2, -0.15) is 4.98 Å². The van der Waals surface area contributed by atoms with E-state index in [0.29, 0.717) is 22.1 Å². The highest BCUT2D eigenvalue weighted by Gasteiger charge is 2.06. The topological polar surface area (TPSA) is 35.0 Å². The van der Waals surface area contributed by atoms with Crippen molar-refractivity contribution >= 4 is 15.9 Å². The molecule has 3 nitrogen and oxygen atoms in total. The van der Waals surface area contributed by atoms with Gasteiger partial charge in [-0.15, -0.1) is 0 Å². The number of aromatic nitrogens is 2. The third-order valence-electron chi connectivity index (χ3n) is 2.15. The molecular weight excluding hydrogens is 287 g/mol. The zero-order chi connectivity index (χ0) is 12.4. The number of rotatable bonds is 2. The Hall–Kier alpha value is -1.49. The summed E-state index contributed by atoms with van der Waals surface area (Å²) in [6.45, 7) is 3.61. The fourth-order valence-electron chi connectivity index (χ4n) is 1.35. The van der Waals surface area contributed by atoms with Gasteiger partial charge in [0.1, 0.15) is 22.0 Å². The molecule has 0 aliphatic heterocycles. The molecule has 0 unspecified atom stereocenters. The molecule has 0 saturated carbocycles. The summed E-state index contributed by atoms with van der Waals surface area (Å²) >= 11 is 3.25. The molecule has 0 N–H and O–H groups in total. The van der Waals surface area contributed by atoms with Gasteiger partial charge in [-0.3, -0.25) is 0 Å². The number of ether oxygens (including phenoxy) is 1. The van der Waals surface area contributed by atoms with Gasteiger partial charge in [0.05, 0.1) is 0 Å². The van der Waals surface area contributed by atoms with Crippen LogP contribution in [0.5, 0.6) is 11.6 Å². The van der Waals surface area contributed by atoms with Crippen LogP contribution in [-0.4, -0.2) is 9.97 Å². The molecule has 0 bridgehead atoms. The van der Waals surface area contributed by atoms with E-state index in [0.717, 1.165) is 5.56 Å². The first-order valence-corrected chi connectivity index (χ1v) is 5.79.